The van der Waals surface area contributed by atoms with E-state index in [1.54, 1.807) is 13.2 Å². The molecule has 0 atom stereocenters. The Morgan fingerprint density at radius 3 is 2.62 bits per heavy atom. The number of H-pyrrole nitrogens is 1. The lowest BCUT2D eigenvalue weighted by molar-refractivity contribution is 0.415. The average molecular weight is 317 g/mol. The Hall–Kier alpha value is -3.52. The summed E-state index contributed by atoms with van der Waals surface area (Å²) in [6.45, 7) is 0. The number of nitrogens with zero attached hydrogens (tertiary/aromatic N) is 2. The molecule has 0 radical (unpaired) electrons. The fourth-order valence-corrected chi connectivity index (χ4v) is 2.28. The summed E-state index contributed by atoms with van der Waals surface area (Å²) in [5.74, 6) is 0.954. The van der Waals surface area contributed by atoms with Crippen molar-refractivity contribution in [3.05, 3.63) is 71.8 Å². The van der Waals surface area contributed by atoms with Crippen LogP contribution >= 0.6 is 0 Å². The second kappa shape index (κ2) is 6.71. The van der Waals surface area contributed by atoms with E-state index in [1.165, 1.54) is 6.08 Å². The number of hydrogen-bond acceptors (Lipinski definition) is 4. The number of para-hydroxylation sites is 2. The standard InChI is InChI=1S/C19H15N3O2/c1-24-14-9-6-13(7-10-14)8-11-18(23)15(12-20)19-21-16-4-2-3-5-17(16)22-19/h2-11,23H,1H3,(H,21,22)/b11-8+,18-15?. The number of benzene rings is 2. The third-order valence-corrected chi connectivity index (χ3v) is 3.54. The molecule has 0 aliphatic rings. The number of nitriles is 1. The van der Waals surface area contributed by atoms with Crippen LogP contribution in [0.1, 0.15) is 11.4 Å². The molecular formula is C19H15N3O2. The Morgan fingerprint density at radius 1 is 1.21 bits per heavy atom. The molecule has 5 heteroatoms. The number of aromatic nitrogens is 2. The summed E-state index contributed by atoms with van der Waals surface area (Å²) in [5.41, 5.74) is 2.53. The normalized spacial score (nSPS) is 12.2. The minimum Gasteiger partial charge on any atom is -0.506 e. The largest absolute Gasteiger partial charge is 0.506 e. The van der Waals surface area contributed by atoms with Gasteiger partial charge in [0.2, 0.25) is 0 Å². The zero-order valence-electron chi connectivity index (χ0n) is 13.0. The number of nitrogens with one attached hydrogen (secondary N) is 1. The van der Waals surface area contributed by atoms with Crippen molar-refractivity contribution in [3.63, 3.8) is 0 Å². The van der Waals surface area contributed by atoms with Crippen LogP contribution in [0.5, 0.6) is 5.75 Å². The molecule has 5 nitrogen and oxygen atoms in total. The average Bonchev–Trinajstić information content (AvgIpc) is 3.04. The molecule has 0 unspecified atom stereocenters. The highest BCUT2D eigenvalue weighted by Crippen LogP contribution is 2.20. The zero-order chi connectivity index (χ0) is 16.9. The monoisotopic (exact) mass is 317 g/mol. The molecule has 2 N–H and O–H groups in total. The van der Waals surface area contributed by atoms with Gasteiger partial charge in [-0.25, -0.2) is 4.98 Å². The molecule has 1 heterocycles. The third-order valence-electron chi connectivity index (χ3n) is 3.54. The van der Waals surface area contributed by atoms with E-state index in [0.717, 1.165) is 22.3 Å². The molecule has 1 aromatic heterocycles. The molecule has 24 heavy (non-hydrogen) atoms. The number of allylic oxidation sites excluding steroid dienone is 2. The molecule has 0 aliphatic heterocycles. The van der Waals surface area contributed by atoms with Crippen LogP contribution in [0.3, 0.4) is 0 Å². The van der Waals surface area contributed by atoms with Gasteiger partial charge in [-0.2, -0.15) is 5.26 Å². The van der Waals surface area contributed by atoms with E-state index >= 15 is 0 Å². The van der Waals surface area contributed by atoms with Crippen LogP contribution in [0.4, 0.5) is 0 Å². The van der Waals surface area contributed by atoms with Gasteiger partial charge in [-0.3, -0.25) is 0 Å². The van der Waals surface area contributed by atoms with Crippen LogP contribution in [0, 0.1) is 11.3 Å². The minimum absolute atomic E-state index is 0.0935. The van der Waals surface area contributed by atoms with E-state index in [4.69, 9.17) is 4.74 Å². The van der Waals surface area contributed by atoms with Gasteiger partial charge in [0.05, 0.1) is 18.1 Å². The molecule has 118 valence electrons. The van der Waals surface area contributed by atoms with Crippen molar-refractivity contribution in [2.24, 2.45) is 0 Å². The van der Waals surface area contributed by atoms with Gasteiger partial charge in [0.1, 0.15) is 23.2 Å². The summed E-state index contributed by atoms with van der Waals surface area (Å²) < 4.78 is 5.10. The van der Waals surface area contributed by atoms with Crippen molar-refractivity contribution in [3.8, 4) is 11.8 Å². The number of rotatable bonds is 4. The predicted octanol–water partition coefficient (Wildman–Crippen LogP) is 4.08. The van der Waals surface area contributed by atoms with Crippen molar-refractivity contribution in [1.82, 2.24) is 9.97 Å². The van der Waals surface area contributed by atoms with Crippen molar-refractivity contribution in [1.29, 1.82) is 5.26 Å². The number of hydrogen-bond donors (Lipinski definition) is 2. The van der Waals surface area contributed by atoms with Gasteiger partial charge in [0.15, 0.2) is 5.82 Å². The Morgan fingerprint density at radius 2 is 1.96 bits per heavy atom. The lowest BCUT2D eigenvalue weighted by Crippen LogP contribution is -1.90. The number of aliphatic hydroxyl groups excluding tert-OH is 1. The number of fused-ring (bicyclic) bond motifs is 1. The summed E-state index contributed by atoms with van der Waals surface area (Å²) in [4.78, 5) is 7.38. The smallest absolute Gasteiger partial charge is 0.152 e. The molecule has 0 saturated heterocycles. The van der Waals surface area contributed by atoms with Gasteiger partial charge in [0, 0.05) is 0 Å². The summed E-state index contributed by atoms with van der Waals surface area (Å²) in [7, 11) is 1.60. The van der Waals surface area contributed by atoms with Crippen molar-refractivity contribution >= 4 is 22.7 Å². The van der Waals surface area contributed by atoms with Gasteiger partial charge < -0.3 is 14.8 Å². The van der Waals surface area contributed by atoms with E-state index < -0.39 is 0 Å². The zero-order valence-corrected chi connectivity index (χ0v) is 13.0. The number of aromatic amines is 1. The fraction of sp³-hybridized carbons (Fsp3) is 0.0526. The molecule has 0 amide bonds. The van der Waals surface area contributed by atoms with E-state index in [1.807, 2.05) is 54.6 Å². The minimum atomic E-state index is -0.146. The van der Waals surface area contributed by atoms with Crippen LogP contribution in [0.15, 0.2) is 60.4 Å². The van der Waals surface area contributed by atoms with Crippen LogP contribution in [0.25, 0.3) is 22.7 Å². The SMILES string of the molecule is COc1ccc(/C=C/C(O)=C(C#N)c2nc3ccccc3[nH]2)cc1. The van der Waals surface area contributed by atoms with Crippen LogP contribution < -0.4 is 4.74 Å². The van der Waals surface area contributed by atoms with Gasteiger partial charge in [-0.1, -0.05) is 30.3 Å². The Balaban J connectivity index is 1.91. The van der Waals surface area contributed by atoms with Gasteiger partial charge >= 0.3 is 0 Å². The number of aliphatic hydroxyl groups is 1. The highest BCUT2D eigenvalue weighted by atomic mass is 16.5. The van der Waals surface area contributed by atoms with Gasteiger partial charge in [0.25, 0.3) is 0 Å². The van der Waals surface area contributed by atoms with E-state index in [2.05, 4.69) is 9.97 Å². The first-order valence-electron chi connectivity index (χ1n) is 7.32. The molecule has 0 aliphatic carbocycles. The first-order chi connectivity index (χ1) is 11.7. The van der Waals surface area contributed by atoms with Gasteiger partial charge in [-0.05, 0) is 35.9 Å². The van der Waals surface area contributed by atoms with Gasteiger partial charge in [-0.15, -0.1) is 0 Å². The Bertz CT molecular complexity index is 927. The van der Waals surface area contributed by atoms with Crippen LogP contribution in [-0.4, -0.2) is 22.2 Å². The lowest BCUT2D eigenvalue weighted by Gasteiger charge is -1.99. The van der Waals surface area contributed by atoms with Crippen molar-refractivity contribution in [2.45, 2.75) is 0 Å². The topological polar surface area (TPSA) is 81.9 Å². The molecule has 0 saturated carbocycles. The second-order valence-corrected chi connectivity index (χ2v) is 5.08. The van der Waals surface area contributed by atoms with Crippen molar-refractivity contribution in [2.75, 3.05) is 7.11 Å². The summed E-state index contributed by atoms with van der Waals surface area (Å²) in [5, 5.41) is 19.6. The van der Waals surface area contributed by atoms with Crippen molar-refractivity contribution < 1.29 is 9.84 Å². The van der Waals surface area contributed by atoms with E-state index in [-0.39, 0.29) is 11.3 Å². The summed E-state index contributed by atoms with van der Waals surface area (Å²) in [6.07, 6.45) is 3.20. The third kappa shape index (κ3) is 3.13. The number of imidazole rings is 1. The highest BCUT2D eigenvalue weighted by molar-refractivity contribution is 5.83. The predicted molar refractivity (Wildman–Crippen MR) is 93.3 cm³/mol. The molecule has 3 aromatic rings. The molecule has 3 rings (SSSR count). The fourth-order valence-electron chi connectivity index (χ4n) is 2.28. The first kappa shape index (κ1) is 15.4. The second-order valence-electron chi connectivity index (χ2n) is 5.08. The quantitative estimate of drug-likeness (QED) is 0.431. The molecule has 2 aromatic carbocycles. The summed E-state index contributed by atoms with van der Waals surface area (Å²) in [6, 6.07) is 16.8. The van der Waals surface area contributed by atoms with E-state index in [0.29, 0.717) is 5.82 Å². The maximum absolute atomic E-state index is 10.2. The van der Waals surface area contributed by atoms with Crippen LogP contribution in [0.2, 0.25) is 0 Å². The lowest BCUT2D eigenvalue weighted by atomic mass is 10.1. The molecule has 0 fully saturated rings. The van der Waals surface area contributed by atoms with Crippen LogP contribution in [-0.2, 0) is 0 Å². The maximum atomic E-state index is 10.2. The van der Waals surface area contributed by atoms with E-state index in [9.17, 15) is 10.4 Å². The Labute approximate surface area is 139 Å². The Kier molecular flexibility index (Phi) is 4.30. The first-order valence-corrected chi connectivity index (χ1v) is 7.32. The number of methoxy groups -OCH3 is 1. The molecule has 0 bridgehead atoms. The molecule has 0 spiro atoms. The maximum Gasteiger partial charge on any atom is 0.152 e. The summed E-state index contributed by atoms with van der Waals surface area (Å²) >= 11 is 0. The molecular weight excluding hydrogens is 302 g/mol. The number of ether oxygens (including phenoxy) is 1. The highest BCUT2D eigenvalue weighted by Gasteiger charge is 2.11.